The van der Waals surface area contributed by atoms with Crippen LogP contribution in [0.1, 0.15) is 19.3 Å². The number of nitrogens with one attached hydrogen (secondary N) is 1. The monoisotopic (exact) mass is 243 g/mol. The van der Waals surface area contributed by atoms with Gasteiger partial charge in [0.15, 0.2) is 0 Å². The predicted molar refractivity (Wildman–Crippen MR) is 71.3 cm³/mol. The zero-order chi connectivity index (χ0) is 13.2. The minimum Gasteiger partial charge on any atom is -0.376 e. The molecule has 1 amide bonds. The van der Waals surface area contributed by atoms with Crippen molar-refractivity contribution in [2.45, 2.75) is 19.3 Å². The van der Waals surface area contributed by atoms with E-state index in [4.69, 9.17) is 5.26 Å². The topological polar surface area (TPSA) is 56.1 Å². The number of rotatable bonds is 3. The maximum Gasteiger partial charge on any atom is 0.244 e. The molecule has 4 heteroatoms. The van der Waals surface area contributed by atoms with Gasteiger partial charge in [-0.3, -0.25) is 4.79 Å². The van der Waals surface area contributed by atoms with E-state index < -0.39 is 5.41 Å². The normalized spacial score (nSPS) is 16.3. The Morgan fingerprint density at radius 3 is 2.56 bits per heavy atom. The van der Waals surface area contributed by atoms with Crippen LogP contribution in [0.25, 0.3) is 0 Å². The van der Waals surface area contributed by atoms with Crippen molar-refractivity contribution in [3.8, 4) is 6.07 Å². The molecule has 0 spiro atoms. The van der Waals surface area contributed by atoms with Gasteiger partial charge in [0, 0.05) is 14.1 Å². The lowest BCUT2D eigenvalue weighted by molar-refractivity contribution is -0.126. The maximum absolute atomic E-state index is 12.2. The molecule has 0 radical (unpaired) electrons. The lowest BCUT2D eigenvalue weighted by Gasteiger charge is -2.33. The highest BCUT2D eigenvalue weighted by Crippen LogP contribution is 2.41. The standard InChI is InChI=1S/C14H17N3O/c1-17(2)12-7-4-3-6-11(12)16-13(18)14(10-15)8-5-9-14/h3-4,6-7H,5,8-9H2,1-2H3,(H,16,18). The molecule has 0 aliphatic heterocycles. The molecule has 94 valence electrons. The Hall–Kier alpha value is -2.02. The fraction of sp³-hybridized carbons (Fsp3) is 0.429. The Bertz CT molecular complexity index is 498. The van der Waals surface area contributed by atoms with Crippen molar-refractivity contribution in [1.29, 1.82) is 5.26 Å². The second-order valence-corrected chi connectivity index (χ2v) is 4.91. The fourth-order valence-corrected chi connectivity index (χ4v) is 2.13. The van der Waals surface area contributed by atoms with Crippen molar-refractivity contribution in [3.05, 3.63) is 24.3 Å². The first-order valence-electron chi connectivity index (χ1n) is 6.08. The van der Waals surface area contributed by atoms with Gasteiger partial charge in [0.1, 0.15) is 5.41 Å². The molecule has 0 saturated heterocycles. The van der Waals surface area contributed by atoms with Crippen molar-refractivity contribution >= 4 is 17.3 Å². The summed E-state index contributed by atoms with van der Waals surface area (Å²) in [4.78, 5) is 14.1. The number of amides is 1. The van der Waals surface area contributed by atoms with Gasteiger partial charge in [-0.1, -0.05) is 12.1 Å². The van der Waals surface area contributed by atoms with Crippen molar-refractivity contribution < 1.29 is 4.79 Å². The van der Waals surface area contributed by atoms with Crippen molar-refractivity contribution in [2.75, 3.05) is 24.3 Å². The van der Waals surface area contributed by atoms with E-state index in [0.29, 0.717) is 12.8 Å². The van der Waals surface area contributed by atoms with Crippen LogP contribution in [0, 0.1) is 16.7 Å². The van der Waals surface area contributed by atoms with Gasteiger partial charge in [-0.15, -0.1) is 0 Å². The molecule has 2 rings (SSSR count). The van der Waals surface area contributed by atoms with Crippen LogP contribution in [0.15, 0.2) is 24.3 Å². The van der Waals surface area contributed by atoms with Gasteiger partial charge in [-0.25, -0.2) is 0 Å². The molecule has 0 heterocycles. The van der Waals surface area contributed by atoms with Gasteiger partial charge in [0.05, 0.1) is 17.4 Å². The van der Waals surface area contributed by atoms with Gasteiger partial charge in [-0.2, -0.15) is 5.26 Å². The summed E-state index contributed by atoms with van der Waals surface area (Å²) in [5.74, 6) is -0.175. The Morgan fingerprint density at radius 2 is 2.06 bits per heavy atom. The zero-order valence-electron chi connectivity index (χ0n) is 10.7. The van der Waals surface area contributed by atoms with Gasteiger partial charge in [0.2, 0.25) is 5.91 Å². The van der Waals surface area contributed by atoms with E-state index in [1.807, 2.05) is 43.3 Å². The molecule has 18 heavy (non-hydrogen) atoms. The molecule has 1 aromatic carbocycles. The van der Waals surface area contributed by atoms with Crippen LogP contribution in [0.3, 0.4) is 0 Å². The van der Waals surface area contributed by atoms with E-state index in [2.05, 4.69) is 11.4 Å². The third kappa shape index (κ3) is 2.04. The van der Waals surface area contributed by atoms with E-state index in [0.717, 1.165) is 17.8 Å². The first-order chi connectivity index (χ1) is 8.59. The largest absolute Gasteiger partial charge is 0.376 e. The molecule has 0 unspecified atom stereocenters. The van der Waals surface area contributed by atoms with Crippen LogP contribution in [-0.2, 0) is 4.79 Å². The first-order valence-corrected chi connectivity index (χ1v) is 6.08. The van der Waals surface area contributed by atoms with Crippen LogP contribution in [0.4, 0.5) is 11.4 Å². The van der Waals surface area contributed by atoms with Gasteiger partial charge < -0.3 is 10.2 Å². The van der Waals surface area contributed by atoms with Crippen LogP contribution < -0.4 is 10.2 Å². The van der Waals surface area contributed by atoms with Crippen LogP contribution in [-0.4, -0.2) is 20.0 Å². The van der Waals surface area contributed by atoms with Crippen molar-refractivity contribution in [1.82, 2.24) is 0 Å². The molecule has 1 fully saturated rings. The SMILES string of the molecule is CN(C)c1ccccc1NC(=O)C1(C#N)CCC1. The second kappa shape index (κ2) is 4.69. The molecule has 0 bridgehead atoms. The Balaban J connectivity index is 2.20. The number of carbonyl (C=O) groups excluding carboxylic acids is 1. The number of nitriles is 1. The molecule has 1 aliphatic carbocycles. The number of hydrogen-bond donors (Lipinski definition) is 1. The summed E-state index contributed by atoms with van der Waals surface area (Å²) in [6, 6.07) is 9.76. The number of carbonyl (C=O) groups is 1. The van der Waals surface area contributed by atoms with Crippen molar-refractivity contribution in [3.63, 3.8) is 0 Å². The highest BCUT2D eigenvalue weighted by atomic mass is 16.2. The number of hydrogen-bond acceptors (Lipinski definition) is 3. The number of nitrogens with zero attached hydrogens (tertiary/aromatic N) is 2. The molecule has 1 aromatic rings. The highest BCUT2D eigenvalue weighted by molar-refractivity contribution is 6.00. The molecule has 0 atom stereocenters. The Morgan fingerprint density at radius 1 is 1.39 bits per heavy atom. The molecule has 4 nitrogen and oxygen atoms in total. The summed E-state index contributed by atoms with van der Waals surface area (Å²) in [6.45, 7) is 0. The number of para-hydroxylation sites is 2. The average Bonchev–Trinajstić information content (AvgIpc) is 2.28. The molecule has 1 aliphatic rings. The summed E-state index contributed by atoms with van der Waals surface area (Å²) in [7, 11) is 3.85. The Labute approximate surface area is 107 Å². The lowest BCUT2D eigenvalue weighted by atomic mass is 9.69. The van der Waals surface area contributed by atoms with Gasteiger partial charge in [0.25, 0.3) is 0 Å². The molecule has 1 N–H and O–H groups in total. The molecular weight excluding hydrogens is 226 g/mol. The summed E-state index contributed by atoms with van der Waals surface area (Å²) < 4.78 is 0. The molecule has 1 saturated carbocycles. The summed E-state index contributed by atoms with van der Waals surface area (Å²) >= 11 is 0. The lowest BCUT2D eigenvalue weighted by Crippen LogP contribution is -2.40. The third-order valence-corrected chi connectivity index (χ3v) is 3.49. The van der Waals surface area contributed by atoms with Gasteiger partial charge in [-0.05, 0) is 31.4 Å². The van der Waals surface area contributed by atoms with E-state index in [9.17, 15) is 4.79 Å². The van der Waals surface area contributed by atoms with Crippen LogP contribution in [0.5, 0.6) is 0 Å². The van der Waals surface area contributed by atoms with E-state index in [1.54, 1.807) is 0 Å². The number of anilines is 2. The fourth-order valence-electron chi connectivity index (χ4n) is 2.13. The second-order valence-electron chi connectivity index (χ2n) is 4.91. The minimum atomic E-state index is -0.806. The quantitative estimate of drug-likeness (QED) is 0.886. The van der Waals surface area contributed by atoms with Crippen LogP contribution in [0.2, 0.25) is 0 Å². The first kappa shape index (κ1) is 12.4. The van der Waals surface area contributed by atoms with Crippen molar-refractivity contribution in [2.24, 2.45) is 5.41 Å². The van der Waals surface area contributed by atoms with Gasteiger partial charge >= 0.3 is 0 Å². The summed E-state index contributed by atoms with van der Waals surface area (Å²) in [5, 5.41) is 12.0. The predicted octanol–water partition coefficient (Wildman–Crippen LogP) is 2.38. The van der Waals surface area contributed by atoms with Crippen LogP contribution >= 0.6 is 0 Å². The third-order valence-electron chi connectivity index (χ3n) is 3.49. The minimum absolute atomic E-state index is 0.175. The molecular formula is C14H17N3O. The Kier molecular flexibility index (Phi) is 3.24. The summed E-state index contributed by atoms with van der Waals surface area (Å²) in [6.07, 6.45) is 2.29. The smallest absolute Gasteiger partial charge is 0.244 e. The maximum atomic E-state index is 12.2. The molecule has 0 aromatic heterocycles. The highest BCUT2D eigenvalue weighted by Gasteiger charge is 2.44. The van der Waals surface area contributed by atoms with E-state index in [-0.39, 0.29) is 5.91 Å². The summed E-state index contributed by atoms with van der Waals surface area (Å²) in [5.41, 5.74) is 0.895. The average molecular weight is 243 g/mol. The zero-order valence-corrected chi connectivity index (χ0v) is 10.7. The van der Waals surface area contributed by atoms with E-state index >= 15 is 0 Å². The van der Waals surface area contributed by atoms with E-state index in [1.165, 1.54) is 0 Å². The number of benzene rings is 1.